The van der Waals surface area contributed by atoms with Gasteiger partial charge < -0.3 is 14.2 Å². The molecule has 0 saturated heterocycles. The Morgan fingerprint density at radius 3 is 3.00 bits per heavy atom. The summed E-state index contributed by atoms with van der Waals surface area (Å²) >= 11 is 0. The quantitative estimate of drug-likeness (QED) is 0.819. The number of ether oxygens (including phenoxy) is 1. The lowest BCUT2D eigenvalue weighted by atomic mass is 10.2. The predicted octanol–water partition coefficient (Wildman–Crippen LogP) is 1.32. The molecule has 3 heterocycles. The molecule has 0 N–H and O–H groups in total. The first-order valence-electron chi connectivity index (χ1n) is 6.37. The van der Waals surface area contributed by atoms with Gasteiger partial charge in [0.15, 0.2) is 11.4 Å². The number of aromatic nitrogens is 3. The van der Waals surface area contributed by atoms with Gasteiger partial charge in [0, 0.05) is 25.5 Å². The Labute approximate surface area is 106 Å². The zero-order valence-corrected chi connectivity index (χ0v) is 10.9. The van der Waals surface area contributed by atoms with Gasteiger partial charge in [-0.15, -0.1) is 0 Å². The van der Waals surface area contributed by atoms with Crippen molar-refractivity contribution in [3.63, 3.8) is 0 Å². The van der Waals surface area contributed by atoms with Crippen LogP contribution < -0.4 is 4.74 Å². The van der Waals surface area contributed by atoms with Crippen LogP contribution in [0.15, 0.2) is 12.4 Å². The summed E-state index contributed by atoms with van der Waals surface area (Å²) in [4.78, 5) is 11.1. The molecule has 0 saturated carbocycles. The predicted molar refractivity (Wildman–Crippen MR) is 69.9 cm³/mol. The van der Waals surface area contributed by atoms with Crippen LogP contribution in [0.25, 0.3) is 11.2 Å². The average molecular weight is 246 g/mol. The maximum Gasteiger partial charge on any atom is 0.168 e. The fourth-order valence-electron chi connectivity index (χ4n) is 2.43. The highest BCUT2D eigenvalue weighted by atomic mass is 16.5. The SMILES string of the molecule is CN(C)CCn1c2c(c3nccnc31)OCCC2. The minimum Gasteiger partial charge on any atom is -0.489 e. The third kappa shape index (κ3) is 1.84. The summed E-state index contributed by atoms with van der Waals surface area (Å²) in [6.07, 6.45) is 5.61. The summed E-state index contributed by atoms with van der Waals surface area (Å²) in [5.41, 5.74) is 3.11. The highest BCUT2D eigenvalue weighted by molar-refractivity contribution is 5.81. The summed E-state index contributed by atoms with van der Waals surface area (Å²) in [7, 11) is 4.17. The summed E-state index contributed by atoms with van der Waals surface area (Å²) in [6, 6.07) is 0. The molecule has 1 aliphatic rings. The first kappa shape index (κ1) is 11.5. The highest BCUT2D eigenvalue weighted by Gasteiger charge is 2.22. The molecule has 18 heavy (non-hydrogen) atoms. The molecular formula is C13H18N4O. The topological polar surface area (TPSA) is 43.2 Å². The van der Waals surface area contributed by atoms with Crippen LogP contribution in [-0.4, -0.2) is 46.7 Å². The van der Waals surface area contributed by atoms with Gasteiger partial charge in [-0.1, -0.05) is 0 Å². The van der Waals surface area contributed by atoms with Crippen molar-refractivity contribution in [1.29, 1.82) is 0 Å². The molecular weight excluding hydrogens is 228 g/mol. The van der Waals surface area contributed by atoms with E-state index in [0.29, 0.717) is 0 Å². The van der Waals surface area contributed by atoms with E-state index in [-0.39, 0.29) is 0 Å². The van der Waals surface area contributed by atoms with E-state index in [1.807, 2.05) is 0 Å². The van der Waals surface area contributed by atoms with Gasteiger partial charge >= 0.3 is 0 Å². The van der Waals surface area contributed by atoms with Crippen molar-refractivity contribution >= 4 is 11.2 Å². The van der Waals surface area contributed by atoms with E-state index in [2.05, 4.69) is 33.5 Å². The number of likely N-dealkylation sites (N-methyl/N-ethyl adjacent to an activating group) is 1. The van der Waals surface area contributed by atoms with E-state index in [1.54, 1.807) is 12.4 Å². The van der Waals surface area contributed by atoms with E-state index < -0.39 is 0 Å². The molecule has 1 aliphatic heterocycles. The Hall–Kier alpha value is -1.62. The van der Waals surface area contributed by atoms with Crippen molar-refractivity contribution < 1.29 is 4.74 Å². The van der Waals surface area contributed by atoms with Crippen LogP contribution in [0.4, 0.5) is 0 Å². The number of hydrogen-bond donors (Lipinski definition) is 0. The number of nitrogens with zero attached hydrogens (tertiary/aromatic N) is 4. The Morgan fingerprint density at radius 1 is 1.33 bits per heavy atom. The summed E-state index contributed by atoms with van der Waals surface area (Å²) < 4.78 is 8.05. The Morgan fingerprint density at radius 2 is 2.17 bits per heavy atom. The molecule has 96 valence electrons. The van der Waals surface area contributed by atoms with Crippen molar-refractivity contribution in [3.05, 3.63) is 18.1 Å². The monoisotopic (exact) mass is 246 g/mol. The standard InChI is InChI=1S/C13H18N4O/c1-16(2)7-8-17-10-4-3-9-18-12(10)11-13(17)15-6-5-14-11/h5-6H,3-4,7-9H2,1-2H3. The van der Waals surface area contributed by atoms with E-state index in [0.717, 1.165) is 49.5 Å². The first-order valence-corrected chi connectivity index (χ1v) is 6.37. The molecule has 0 spiro atoms. The zero-order chi connectivity index (χ0) is 12.5. The van der Waals surface area contributed by atoms with Crippen molar-refractivity contribution in [2.45, 2.75) is 19.4 Å². The minimum absolute atomic E-state index is 0.788. The largest absolute Gasteiger partial charge is 0.489 e. The molecule has 0 bridgehead atoms. The third-order valence-electron chi connectivity index (χ3n) is 3.31. The number of fused-ring (bicyclic) bond motifs is 3. The minimum atomic E-state index is 0.788. The van der Waals surface area contributed by atoms with Gasteiger partial charge in [-0.05, 0) is 26.9 Å². The van der Waals surface area contributed by atoms with Gasteiger partial charge in [-0.25, -0.2) is 9.97 Å². The van der Waals surface area contributed by atoms with Gasteiger partial charge in [-0.2, -0.15) is 0 Å². The van der Waals surface area contributed by atoms with E-state index in [1.165, 1.54) is 5.69 Å². The average Bonchev–Trinajstić information content (AvgIpc) is 2.71. The maximum atomic E-state index is 5.79. The molecule has 5 heteroatoms. The normalized spacial score (nSPS) is 14.8. The van der Waals surface area contributed by atoms with E-state index >= 15 is 0 Å². The second-order valence-electron chi connectivity index (χ2n) is 4.91. The van der Waals surface area contributed by atoms with Crippen LogP contribution in [-0.2, 0) is 13.0 Å². The van der Waals surface area contributed by atoms with E-state index in [4.69, 9.17) is 4.74 Å². The lowest BCUT2D eigenvalue weighted by Gasteiger charge is -2.17. The van der Waals surface area contributed by atoms with Crippen LogP contribution >= 0.6 is 0 Å². The van der Waals surface area contributed by atoms with E-state index in [9.17, 15) is 0 Å². The summed E-state index contributed by atoms with van der Waals surface area (Å²) in [5.74, 6) is 0.947. The van der Waals surface area contributed by atoms with Crippen molar-refractivity contribution in [2.24, 2.45) is 0 Å². The third-order valence-corrected chi connectivity index (χ3v) is 3.31. The van der Waals surface area contributed by atoms with Crippen molar-refractivity contribution in [2.75, 3.05) is 27.2 Å². The van der Waals surface area contributed by atoms with Gasteiger partial charge in [0.25, 0.3) is 0 Å². The van der Waals surface area contributed by atoms with Crippen LogP contribution in [0.2, 0.25) is 0 Å². The summed E-state index contributed by atoms with van der Waals surface area (Å²) in [6.45, 7) is 2.71. The Bertz CT molecular complexity index is 561. The van der Waals surface area contributed by atoms with Gasteiger partial charge in [0.05, 0.1) is 12.3 Å². The molecule has 2 aromatic rings. The van der Waals surface area contributed by atoms with Crippen molar-refractivity contribution in [1.82, 2.24) is 19.4 Å². The maximum absolute atomic E-state index is 5.79. The van der Waals surface area contributed by atoms with Crippen LogP contribution in [0.1, 0.15) is 12.1 Å². The zero-order valence-electron chi connectivity index (χ0n) is 10.9. The highest BCUT2D eigenvalue weighted by Crippen LogP contribution is 2.34. The Balaban J connectivity index is 2.10. The molecule has 0 unspecified atom stereocenters. The van der Waals surface area contributed by atoms with Crippen LogP contribution in [0.5, 0.6) is 5.75 Å². The smallest absolute Gasteiger partial charge is 0.168 e. The number of hydrogen-bond acceptors (Lipinski definition) is 4. The Kier molecular flexibility index (Phi) is 2.91. The molecule has 0 amide bonds. The van der Waals surface area contributed by atoms with Crippen LogP contribution in [0, 0.1) is 0 Å². The lowest BCUT2D eigenvalue weighted by Crippen LogP contribution is -2.20. The fourth-order valence-corrected chi connectivity index (χ4v) is 2.43. The molecule has 0 aliphatic carbocycles. The molecule has 3 rings (SSSR count). The number of rotatable bonds is 3. The van der Waals surface area contributed by atoms with Crippen molar-refractivity contribution in [3.8, 4) is 5.75 Å². The first-order chi connectivity index (χ1) is 8.77. The van der Waals surface area contributed by atoms with Crippen LogP contribution in [0.3, 0.4) is 0 Å². The molecule has 2 aromatic heterocycles. The summed E-state index contributed by atoms with van der Waals surface area (Å²) in [5, 5.41) is 0. The fraction of sp³-hybridized carbons (Fsp3) is 0.538. The second kappa shape index (κ2) is 4.57. The molecule has 0 aromatic carbocycles. The lowest BCUT2D eigenvalue weighted by molar-refractivity contribution is 0.284. The molecule has 0 atom stereocenters. The van der Waals surface area contributed by atoms with Gasteiger partial charge in [0.1, 0.15) is 5.52 Å². The molecule has 5 nitrogen and oxygen atoms in total. The van der Waals surface area contributed by atoms with Gasteiger partial charge in [0.2, 0.25) is 0 Å². The molecule has 0 radical (unpaired) electrons. The molecule has 0 fully saturated rings. The second-order valence-corrected chi connectivity index (χ2v) is 4.91. The van der Waals surface area contributed by atoms with Gasteiger partial charge in [-0.3, -0.25) is 0 Å².